The summed E-state index contributed by atoms with van der Waals surface area (Å²) in [5, 5.41) is 2.91. The molecule has 0 radical (unpaired) electrons. The number of fused-ring (bicyclic) bond motifs is 1. The first-order valence-corrected chi connectivity index (χ1v) is 10.7. The molecule has 0 aromatic heterocycles. The highest BCUT2D eigenvalue weighted by atomic mass is 32.2. The zero-order valence-corrected chi connectivity index (χ0v) is 16.3. The van der Waals surface area contributed by atoms with Crippen molar-refractivity contribution >= 4 is 15.9 Å². The van der Waals surface area contributed by atoms with Crippen LogP contribution in [0.1, 0.15) is 24.9 Å². The van der Waals surface area contributed by atoms with Gasteiger partial charge in [0.25, 0.3) is 0 Å². The van der Waals surface area contributed by atoms with Gasteiger partial charge in [-0.2, -0.15) is 4.31 Å². The third-order valence-corrected chi connectivity index (χ3v) is 6.96. The van der Waals surface area contributed by atoms with E-state index in [1.165, 1.54) is 16.4 Å². The van der Waals surface area contributed by atoms with Gasteiger partial charge in [-0.1, -0.05) is 30.3 Å². The van der Waals surface area contributed by atoms with Gasteiger partial charge in [-0.3, -0.25) is 4.79 Å². The van der Waals surface area contributed by atoms with E-state index in [1.807, 2.05) is 37.3 Å². The number of amides is 1. The molecule has 4 rings (SSSR count). The van der Waals surface area contributed by atoms with Crippen molar-refractivity contribution in [1.82, 2.24) is 9.62 Å². The molecule has 2 atom stereocenters. The number of carbonyl (C=O) groups is 1. The van der Waals surface area contributed by atoms with Crippen LogP contribution in [-0.2, 0) is 14.8 Å². The minimum atomic E-state index is -3.79. The molecule has 2 aliphatic heterocycles. The molecule has 8 heteroatoms. The van der Waals surface area contributed by atoms with Crippen molar-refractivity contribution in [3.63, 3.8) is 0 Å². The summed E-state index contributed by atoms with van der Waals surface area (Å²) in [6.07, 6.45) is 0.497. The van der Waals surface area contributed by atoms with Crippen LogP contribution < -0.4 is 14.8 Å². The molecule has 2 heterocycles. The molecule has 0 aliphatic carbocycles. The number of nitrogens with zero attached hydrogens (tertiary/aromatic N) is 1. The Morgan fingerprint density at radius 3 is 2.50 bits per heavy atom. The van der Waals surface area contributed by atoms with Crippen molar-refractivity contribution in [1.29, 1.82) is 0 Å². The Kier molecular flexibility index (Phi) is 4.99. The molecule has 1 saturated heterocycles. The van der Waals surface area contributed by atoms with E-state index in [-0.39, 0.29) is 16.8 Å². The second kappa shape index (κ2) is 7.44. The Hall–Kier alpha value is -2.58. The van der Waals surface area contributed by atoms with E-state index in [0.717, 1.165) is 5.56 Å². The molecule has 0 unspecified atom stereocenters. The van der Waals surface area contributed by atoms with Gasteiger partial charge in [-0.15, -0.1) is 0 Å². The largest absolute Gasteiger partial charge is 0.486 e. The lowest BCUT2D eigenvalue weighted by Crippen LogP contribution is -2.58. The van der Waals surface area contributed by atoms with Gasteiger partial charge >= 0.3 is 0 Å². The minimum Gasteiger partial charge on any atom is -0.486 e. The van der Waals surface area contributed by atoms with Crippen LogP contribution in [0.3, 0.4) is 0 Å². The summed E-state index contributed by atoms with van der Waals surface area (Å²) >= 11 is 0. The van der Waals surface area contributed by atoms with Crippen molar-refractivity contribution in [3.8, 4) is 11.5 Å². The van der Waals surface area contributed by atoms with Crippen LogP contribution in [0.5, 0.6) is 11.5 Å². The fraction of sp³-hybridized carbons (Fsp3) is 0.350. The normalized spacial score (nSPS) is 20.1. The Morgan fingerprint density at radius 2 is 1.82 bits per heavy atom. The Labute approximate surface area is 164 Å². The van der Waals surface area contributed by atoms with Crippen LogP contribution >= 0.6 is 0 Å². The van der Waals surface area contributed by atoms with E-state index in [9.17, 15) is 13.2 Å². The lowest BCUT2D eigenvalue weighted by Gasteiger charge is -2.39. The Bertz CT molecular complexity index is 977. The summed E-state index contributed by atoms with van der Waals surface area (Å²) < 4.78 is 38.2. The number of benzene rings is 2. The van der Waals surface area contributed by atoms with E-state index in [2.05, 4.69) is 5.32 Å². The molecule has 2 aliphatic rings. The van der Waals surface area contributed by atoms with Gasteiger partial charge in [-0.05, 0) is 31.0 Å². The standard InChI is InChI=1S/C20H22N2O5S/c1-14(15-5-3-2-4-6-15)21-20(23)17-9-10-22(17)28(24,25)16-7-8-18-19(13-16)27-12-11-26-18/h2-8,13-14,17H,9-12H2,1H3,(H,21,23)/t14-,17+/m1/s1. The molecule has 1 amide bonds. The summed E-state index contributed by atoms with van der Waals surface area (Å²) in [6.45, 7) is 3.01. The molecule has 0 bridgehead atoms. The zero-order chi connectivity index (χ0) is 19.7. The van der Waals surface area contributed by atoms with Gasteiger partial charge < -0.3 is 14.8 Å². The Balaban J connectivity index is 1.49. The third-order valence-electron chi connectivity index (χ3n) is 5.05. The highest BCUT2D eigenvalue weighted by Gasteiger charge is 2.43. The number of ether oxygens (including phenoxy) is 2. The van der Waals surface area contributed by atoms with Gasteiger partial charge in [0.2, 0.25) is 15.9 Å². The van der Waals surface area contributed by atoms with Gasteiger partial charge in [0, 0.05) is 12.6 Å². The smallest absolute Gasteiger partial charge is 0.243 e. The first-order valence-electron chi connectivity index (χ1n) is 9.23. The quantitative estimate of drug-likeness (QED) is 0.828. The average Bonchev–Trinajstić information content (AvgIpc) is 2.67. The fourth-order valence-electron chi connectivity index (χ4n) is 3.37. The maximum absolute atomic E-state index is 13.0. The van der Waals surface area contributed by atoms with E-state index >= 15 is 0 Å². The minimum absolute atomic E-state index is 0.102. The summed E-state index contributed by atoms with van der Waals surface area (Å²) in [7, 11) is -3.79. The molecule has 1 fully saturated rings. The molecule has 7 nitrogen and oxygen atoms in total. The van der Waals surface area contributed by atoms with Crippen molar-refractivity contribution in [2.24, 2.45) is 0 Å². The van der Waals surface area contributed by atoms with Crippen LogP contribution in [0.15, 0.2) is 53.4 Å². The van der Waals surface area contributed by atoms with Crippen LogP contribution in [0.4, 0.5) is 0 Å². The van der Waals surface area contributed by atoms with E-state index in [1.54, 1.807) is 6.07 Å². The van der Waals surface area contributed by atoms with Crippen molar-refractivity contribution in [2.45, 2.75) is 30.3 Å². The van der Waals surface area contributed by atoms with E-state index < -0.39 is 16.1 Å². The highest BCUT2D eigenvalue weighted by molar-refractivity contribution is 7.89. The first-order chi connectivity index (χ1) is 13.5. The van der Waals surface area contributed by atoms with Gasteiger partial charge in [0.1, 0.15) is 19.3 Å². The number of sulfonamides is 1. The van der Waals surface area contributed by atoms with E-state index in [0.29, 0.717) is 37.7 Å². The van der Waals surface area contributed by atoms with Crippen LogP contribution in [0.25, 0.3) is 0 Å². The highest BCUT2D eigenvalue weighted by Crippen LogP contribution is 2.35. The molecule has 148 valence electrons. The predicted octanol–water partition coefficient (Wildman–Crippen LogP) is 2.10. The molecule has 2 aromatic carbocycles. The maximum atomic E-state index is 13.0. The number of hydrogen-bond acceptors (Lipinski definition) is 5. The summed E-state index contributed by atoms with van der Waals surface area (Å²) in [4.78, 5) is 12.8. The van der Waals surface area contributed by atoms with Crippen LogP contribution in [0.2, 0.25) is 0 Å². The molecule has 2 aromatic rings. The molecule has 0 saturated carbocycles. The number of nitrogens with one attached hydrogen (secondary N) is 1. The molecule has 1 N–H and O–H groups in total. The summed E-state index contributed by atoms with van der Waals surface area (Å²) in [5.74, 6) is 0.648. The third kappa shape index (κ3) is 3.45. The topological polar surface area (TPSA) is 84.9 Å². The van der Waals surface area contributed by atoms with Crippen molar-refractivity contribution in [3.05, 3.63) is 54.1 Å². The summed E-state index contributed by atoms with van der Waals surface area (Å²) in [5.41, 5.74) is 0.969. The predicted molar refractivity (Wildman–Crippen MR) is 103 cm³/mol. The summed E-state index contributed by atoms with van der Waals surface area (Å²) in [6, 6.07) is 13.2. The van der Waals surface area contributed by atoms with E-state index in [4.69, 9.17) is 9.47 Å². The monoisotopic (exact) mass is 402 g/mol. The first kappa shape index (κ1) is 18.8. The molecular weight excluding hydrogens is 380 g/mol. The Morgan fingerprint density at radius 1 is 1.11 bits per heavy atom. The number of carbonyl (C=O) groups excluding carboxylic acids is 1. The maximum Gasteiger partial charge on any atom is 0.243 e. The SMILES string of the molecule is C[C@@H](NC(=O)[C@@H]1CCN1S(=O)(=O)c1ccc2c(c1)OCCO2)c1ccccc1. The second-order valence-electron chi connectivity index (χ2n) is 6.87. The van der Waals surface area contributed by atoms with Crippen molar-refractivity contribution in [2.75, 3.05) is 19.8 Å². The number of rotatable bonds is 5. The van der Waals surface area contributed by atoms with Gasteiger partial charge in [-0.25, -0.2) is 8.42 Å². The van der Waals surface area contributed by atoms with Crippen LogP contribution in [0, 0.1) is 0 Å². The second-order valence-corrected chi connectivity index (χ2v) is 8.76. The van der Waals surface area contributed by atoms with Gasteiger partial charge in [0.15, 0.2) is 11.5 Å². The lowest BCUT2D eigenvalue weighted by atomic mass is 10.0. The molecule has 0 spiro atoms. The zero-order valence-electron chi connectivity index (χ0n) is 15.5. The number of hydrogen-bond donors (Lipinski definition) is 1. The van der Waals surface area contributed by atoms with Crippen molar-refractivity contribution < 1.29 is 22.7 Å². The fourth-order valence-corrected chi connectivity index (χ4v) is 5.02. The molecule has 28 heavy (non-hydrogen) atoms. The molecular formula is C20H22N2O5S. The average molecular weight is 402 g/mol. The van der Waals surface area contributed by atoms with Gasteiger partial charge in [0.05, 0.1) is 10.9 Å². The lowest BCUT2D eigenvalue weighted by molar-refractivity contribution is -0.128. The van der Waals surface area contributed by atoms with Crippen LogP contribution in [-0.4, -0.2) is 44.4 Å².